The Kier molecular flexibility index (Phi) is 4.11. The lowest BCUT2D eigenvalue weighted by Gasteiger charge is -2.18. The normalized spacial score (nSPS) is 14.4. The highest BCUT2D eigenvalue weighted by molar-refractivity contribution is 7.16. The summed E-state index contributed by atoms with van der Waals surface area (Å²) in [6.45, 7) is 1.10. The Balaban J connectivity index is 1.68. The zero-order chi connectivity index (χ0) is 17.2. The van der Waals surface area contributed by atoms with Gasteiger partial charge in [-0.25, -0.2) is 0 Å². The Hall–Kier alpha value is -2.86. The standard InChI is InChI=1S/C19H16N2O3S/c1-21-14-11-15-16(24-10-9-23-15)12-17(14)25-19(21)20-18(22)8-7-13-5-3-2-4-6-13/h2-8,11-12H,9-10H2,1H3. The largest absolute Gasteiger partial charge is 0.486 e. The molecule has 25 heavy (non-hydrogen) atoms. The lowest BCUT2D eigenvalue weighted by atomic mass is 10.2. The number of hydrogen-bond acceptors (Lipinski definition) is 4. The topological polar surface area (TPSA) is 52.8 Å². The van der Waals surface area contributed by atoms with E-state index in [9.17, 15) is 4.79 Å². The van der Waals surface area contributed by atoms with Crippen LogP contribution in [0.2, 0.25) is 0 Å². The van der Waals surface area contributed by atoms with Crippen LogP contribution in [0.1, 0.15) is 5.56 Å². The summed E-state index contributed by atoms with van der Waals surface area (Å²) in [5.41, 5.74) is 1.93. The number of carbonyl (C=O) groups excluding carboxylic acids is 1. The van der Waals surface area contributed by atoms with Crippen molar-refractivity contribution in [1.82, 2.24) is 4.57 Å². The maximum Gasteiger partial charge on any atom is 0.272 e. The zero-order valence-electron chi connectivity index (χ0n) is 13.6. The van der Waals surface area contributed by atoms with Gasteiger partial charge in [0.05, 0.1) is 10.2 Å². The maximum absolute atomic E-state index is 12.2. The van der Waals surface area contributed by atoms with Crippen LogP contribution in [0.5, 0.6) is 11.5 Å². The molecule has 0 radical (unpaired) electrons. The first-order valence-electron chi connectivity index (χ1n) is 7.92. The van der Waals surface area contributed by atoms with Gasteiger partial charge in [-0.1, -0.05) is 41.7 Å². The van der Waals surface area contributed by atoms with Gasteiger partial charge in [0.25, 0.3) is 5.91 Å². The van der Waals surface area contributed by atoms with Crippen molar-refractivity contribution in [3.63, 3.8) is 0 Å². The average molecular weight is 352 g/mol. The van der Waals surface area contributed by atoms with Gasteiger partial charge < -0.3 is 14.0 Å². The van der Waals surface area contributed by atoms with Crippen molar-refractivity contribution in [2.24, 2.45) is 12.0 Å². The molecule has 126 valence electrons. The number of amides is 1. The number of ether oxygens (including phenoxy) is 2. The van der Waals surface area contributed by atoms with Gasteiger partial charge in [0.15, 0.2) is 16.3 Å². The maximum atomic E-state index is 12.2. The van der Waals surface area contributed by atoms with Gasteiger partial charge in [-0.15, -0.1) is 0 Å². The highest BCUT2D eigenvalue weighted by Gasteiger charge is 2.15. The lowest BCUT2D eigenvalue weighted by Crippen LogP contribution is -2.15. The van der Waals surface area contributed by atoms with E-state index < -0.39 is 0 Å². The minimum absolute atomic E-state index is 0.289. The van der Waals surface area contributed by atoms with E-state index in [0.29, 0.717) is 18.0 Å². The van der Waals surface area contributed by atoms with Gasteiger partial charge >= 0.3 is 0 Å². The van der Waals surface area contributed by atoms with Crippen LogP contribution < -0.4 is 14.3 Å². The number of carbonyl (C=O) groups is 1. The first-order valence-corrected chi connectivity index (χ1v) is 8.73. The monoisotopic (exact) mass is 352 g/mol. The molecule has 2 aromatic carbocycles. The van der Waals surface area contributed by atoms with Gasteiger partial charge in [-0.2, -0.15) is 4.99 Å². The Morgan fingerprint density at radius 2 is 1.88 bits per heavy atom. The zero-order valence-corrected chi connectivity index (χ0v) is 14.5. The number of nitrogens with zero attached hydrogens (tertiary/aromatic N) is 2. The molecule has 4 rings (SSSR count). The summed E-state index contributed by atoms with van der Waals surface area (Å²) in [5, 5.41) is 0. The summed E-state index contributed by atoms with van der Waals surface area (Å²) < 4.78 is 14.1. The first kappa shape index (κ1) is 15.7. The summed E-state index contributed by atoms with van der Waals surface area (Å²) in [6.07, 6.45) is 3.25. The van der Waals surface area contributed by atoms with Crippen molar-refractivity contribution in [2.45, 2.75) is 0 Å². The van der Waals surface area contributed by atoms with E-state index in [0.717, 1.165) is 27.3 Å². The second-order valence-corrected chi connectivity index (χ2v) is 6.61. The summed E-state index contributed by atoms with van der Waals surface area (Å²) in [4.78, 5) is 17.0. The van der Waals surface area contributed by atoms with E-state index in [4.69, 9.17) is 9.47 Å². The van der Waals surface area contributed by atoms with E-state index in [1.54, 1.807) is 6.08 Å². The second-order valence-electron chi connectivity index (χ2n) is 5.60. The van der Waals surface area contributed by atoms with E-state index >= 15 is 0 Å². The molecular weight excluding hydrogens is 336 g/mol. The SMILES string of the molecule is Cn1c(=NC(=O)C=Cc2ccccc2)sc2cc3c(cc21)OCCO3. The van der Waals surface area contributed by atoms with E-state index in [2.05, 4.69) is 4.99 Å². The summed E-state index contributed by atoms with van der Waals surface area (Å²) in [5.74, 6) is 1.18. The molecule has 1 aliphatic heterocycles. The van der Waals surface area contributed by atoms with Crippen molar-refractivity contribution in [2.75, 3.05) is 13.2 Å². The highest BCUT2D eigenvalue weighted by Crippen LogP contribution is 2.35. The fourth-order valence-electron chi connectivity index (χ4n) is 2.63. The molecule has 0 atom stereocenters. The number of aromatic nitrogens is 1. The molecule has 5 nitrogen and oxygen atoms in total. The Labute approximate surface area is 148 Å². The third-order valence-electron chi connectivity index (χ3n) is 3.90. The predicted molar refractivity (Wildman–Crippen MR) is 97.8 cm³/mol. The minimum atomic E-state index is -0.289. The average Bonchev–Trinajstić information content (AvgIpc) is 2.94. The predicted octanol–water partition coefficient (Wildman–Crippen LogP) is 3.15. The molecule has 3 aromatic rings. The number of rotatable bonds is 2. The number of thiazole rings is 1. The fraction of sp³-hybridized carbons (Fsp3) is 0.158. The van der Waals surface area contributed by atoms with Gasteiger partial charge in [0.2, 0.25) is 0 Å². The molecular formula is C19H16N2O3S. The second kappa shape index (κ2) is 6.57. The molecule has 0 aliphatic carbocycles. The molecule has 6 heteroatoms. The van der Waals surface area contributed by atoms with Crippen molar-refractivity contribution >= 4 is 33.5 Å². The molecule has 2 heterocycles. The Morgan fingerprint density at radius 1 is 1.16 bits per heavy atom. The van der Waals surface area contributed by atoms with Crippen LogP contribution in [0.15, 0.2) is 53.5 Å². The smallest absolute Gasteiger partial charge is 0.272 e. The van der Waals surface area contributed by atoms with E-state index in [-0.39, 0.29) is 5.91 Å². The van der Waals surface area contributed by atoms with Crippen molar-refractivity contribution in [1.29, 1.82) is 0 Å². The molecule has 1 amide bonds. The molecule has 1 aliphatic rings. The van der Waals surface area contributed by atoms with Gasteiger partial charge in [0.1, 0.15) is 13.2 Å². The van der Waals surface area contributed by atoms with Gasteiger partial charge in [-0.05, 0) is 11.6 Å². The molecule has 0 saturated carbocycles. The third-order valence-corrected chi connectivity index (χ3v) is 4.99. The lowest BCUT2D eigenvalue weighted by molar-refractivity contribution is -0.113. The highest BCUT2D eigenvalue weighted by atomic mass is 32.1. The Bertz CT molecular complexity index is 1030. The molecule has 1 aromatic heterocycles. The van der Waals surface area contributed by atoms with Crippen LogP contribution in [-0.2, 0) is 11.8 Å². The van der Waals surface area contributed by atoms with Crippen molar-refractivity contribution in [3.8, 4) is 11.5 Å². The van der Waals surface area contributed by atoms with Crippen LogP contribution in [0, 0.1) is 0 Å². The number of aryl methyl sites for hydroxylation is 1. The quantitative estimate of drug-likeness (QED) is 0.666. The fourth-order valence-corrected chi connectivity index (χ4v) is 3.67. The minimum Gasteiger partial charge on any atom is -0.486 e. The van der Waals surface area contributed by atoms with Gasteiger partial charge in [0, 0.05) is 25.3 Å². The number of fused-ring (bicyclic) bond motifs is 2. The number of benzene rings is 2. The molecule has 0 bridgehead atoms. The number of hydrogen-bond donors (Lipinski definition) is 0. The molecule has 0 saturated heterocycles. The van der Waals surface area contributed by atoms with E-state index in [1.165, 1.54) is 17.4 Å². The first-order chi connectivity index (χ1) is 12.2. The van der Waals surface area contributed by atoms with Gasteiger partial charge in [-0.3, -0.25) is 4.79 Å². The molecule has 0 N–H and O–H groups in total. The summed E-state index contributed by atoms with van der Waals surface area (Å²) >= 11 is 1.45. The Morgan fingerprint density at radius 3 is 2.64 bits per heavy atom. The molecule has 0 fully saturated rings. The summed E-state index contributed by atoms with van der Waals surface area (Å²) in [7, 11) is 1.89. The van der Waals surface area contributed by atoms with Crippen LogP contribution in [0.25, 0.3) is 16.3 Å². The van der Waals surface area contributed by atoms with Crippen LogP contribution in [0.3, 0.4) is 0 Å². The third kappa shape index (κ3) is 3.21. The van der Waals surface area contributed by atoms with Crippen LogP contribution >= 0.6 is 11.3 Å². The van der Waals surface area contributed by atoms with Crippen molar-refractivity contribution in [3.05, 3.63) is 58.9 Å². The summed E-state index contributed by atoms with van der Waals surface area (Å²) in [6, 6.07) is 13.6. The van der Waals surface area contributed by atoms with Crippen LogP contribution in [0.4, 0.5) is 0 Å². The van der Waals surface area contributed by atoms with E-state index in [1.807, 2.05) is 54.1 Å². The molecule has 0 unspecified atom stereocenters. The van der Waals surface area contributed by atoms with Crippen molar-refractivity contribution < 1.29 is 14.3 Å². The van der Waals surface area contributed by atoms with Crippen LogP contribution in [-0.4, -0.2) is 23.7 Å². The molecule has 0 spiro atoms.